The topological polar surface area (TPSA) is 55.2 Å². The number of halogens is 1. The number of nitrogens with zero attached hydrogens (tertiary/aromatic N) is 1. The third kappa shape index (κ3) is 3.93. The average Bonchev–Trinajstić information content (AvgIpc) is 2.48. The van der Waals surface area contributed by atoms with E-state index in [-0.39, 0.29) is 5.69 Å². The van der Waals surface area contributed by atoms with Crippen molar-refractivity contribution in [2.24, 2.45) is 11.8 Å². The van der Waals surface area contributed by atoms with E-state index in [0.29, 0.717) is 17.2 Å². The Morgan fingerprint density at radius 2 is 1.90 bits per heavy atom. The molecule has 0 radical (unpaired) electrons. The fourth-order valence-electron chi connectivity index (χ4n) is 3.06. The van der Waals surface area contributed by atoms with Gasteiger partial charge >= 0.3 is 0 Å². The van der Waals surface area contributed by atoms with Crippen LogP contribution in [0.2, 0.25) is 0 Å². The lowest BCUT2D eigenvalue weighted by molar-refractivity contribution is -0.384. The zero-order valence-electron chi connectivity index (χ0n) is 12.7. The lowest BCUT2D eigenvalue weighted by atomic mass is 9.81. The van der Waals surface area contributed by atoms with Gasteiger partial charge < -0.3 is 5.32 Å². The van der Waals surface area contributed by atoms with Gasteiger partial charge in [-0.2, -0.15) is 0 Å². The van der Waals surface area contributed by atoms with Crippen LogP contribution in [0.4, 0.5) is 15.8 Å². The third-order valence-electron chi connectivity index (χ3n) is 4.60. The van der Waals surface area contributed by atoms with Crippen molar-refractivity contribution in [1.29, 1.82) is 0 Å². The molecule has 1 fully saturated rings. The van der Waals surface area contributed by atoms with Crippen LogP contribution in [0.5, 0.6) is 0 Å². The second kappa shape index (κ2) is 6.87. The molecule has 0 amide bonds. The molecule has 0 heterocycles. The van der Waals surface area contributed by atoms with Gasteiger partial charge in [0.15, 0.2) is 0 Å². The summed E-state index contributed by atoms with van der Waals surface area (Å²) < 4.78 is 13.5. The molecular formula is C16H23FN2O2. The summed E-state index contributed by atoms with van der Waals surface area (Å²) in [5, 5.41) is 14.2. The molecule has 2 rings (SSSR count). The molecule has 0 spiro atoms. The van der Waals surface area contributed by atoms with Gasteiger partial charge in [0, 0.05) is 6.54 Å². The van der Waals surface area contributed by atoms with E-state index in [1.165, 1.54) is 38.2 Å². The Bertz CT molecular complexity index is 511. The number of rotatable bonds is 5. The van der Waals surface area contributed by atoms with E-state index in [4.69, 9.17) is 0 Å². The minimum absolute atomic E-state index is 0.180. The van der Waals surface area contributed by atoms with Crippen molar-refractivity contribution in [2.75, 3.05) is 11.9 Å². The summed E-state index contributed by atoms with van der Waals surface area (Å²) in [6.07, 6.45) is 6.06. The highest BCUT2D eigenvalue weighted by Crippen LogP contribution is 2.32. The quantitative estimate of drug-likeness (QED) is 0.634. The average molecular weight is 294 g/mol. The smallest absolute Gasteiger partial charge is 0.295 e. The van der Waals surface area contributed by atoms with E-state index in [1.54, 1.807) is 6.92 Å². The number of nitro groups is 1. The molecule has 1 aromatic rings. The van der Waals surface area contributed by atoms with E-state index < -0.39 is 10.7 Å². The lowest BCUT2D eigenvalue weighted by Crippen LogP contribution is -2.21. The largest absolute Gasteiger partial charge is 0.379 e. The maximum Gasteiger partial charge on any atom is 0.295 e. The highest BCUT2D eigenvalue weighted by Gasteiger charge is 2.22. The van der Waals surface area contributed by atoms with Gasteiger partial charge in [-0.25, -0.2) is 4.39 Å². The zero-order chi connectivity index (χ0) is 15.4. The van der Waals surface area contributed by atoms with E-state index in [9.17, 15) is 14.5 Å². The SMILES string of the molecule is CCC1CCC(CNc2cc(C)c(F)cc2[N+](=O)[O-])CC1. The first-order valence-electron chi connectivity index (χ1n) is 7.69. The van der Waals surface area contributed by atoms with Gasteiger partial charge in [-0.15, -0.1) is 0 Å². The lowest BCUT2D eigenvalue weighted by Gasteiger charge is -2.28. The summed E-state index contributed by atoms with van der Waals surface area (Å²) in [4.78, 5) is 10.5. The van der Waals surface area contributed by atoms with Crippen molar-refractivity contribution in [3.8, 4) is 0 Å². The standard InChI is InChI=1S/C16H23FN2O2/c1-3-12-4-6-13(7-5-12)10-18-15-8-11(2)14(17)9-16(15)19(20)21/h8-9,12-13,18H,3-7,10H2,1-2H3. The van der Waals surface area contributed by atoms with Gasteiger partial charge in [0.1, 0.15) is 11.5 Å². The normalized spacial score (nSPS) is 22.0. The van der Waals surface area contributed by atoms with Crippen molar-refractivity contribution in [2.45, 2.75) is 46.0 Å². The van der Waals surface area contributed by atoms with E-state index in [1.807, 2.05) is 0 Å². The zero-order valence-corrected chi connectivity index (χ0v) is 12.7. The predicted molar refractivity (Wildman–Crippen MR) is 82.0 cm³/mol. The molecule has 21 heavy (non-hydrogen) atoms. The van der Waals surface area contributed by atoms with Gasteiger partial charge in [0.2, 0.25) is 0 Å². The van der Waals surface area contributed by atoms with Gasteiger partial charge in [-0.1, -0.05) is 26.2 Å². The molecule has 0 saturated heterocycles. The maximum atomic E-state index is 13.5. The van der Waals surface area contributed by atoms with Gasteiger partial charge in [-0.3, -0.25) is 10.1 Å². The summed E-state index contributed by atoms with van der Waals surface area (Å²) in [5.74, 6) is 0.858. The number of benzene rings is 1. The molecule has 0 atom stereocenters. The monoisotopic (exact) mass is 294 g/mol. The number of nitro benzene ring substituents is 1. The molecule has 0 aromatic heterocycles. The molecule has 1 aromatic carbocycles. The molecule has 0 aliphatic heterocycles. The summed E-state index contributed by atoms with van der Waals surface area (Å²) >= 11 is 0. The Balaban J connectivity index is 2.00. The first-order valence-corrected chi connectivity index (χ1v) is 7.69. The molecule has 116 valence electrons. The van der Waals surface area contributed by atoms with E-state index in [0.717, 1.165) is 18.5 Å². The molecule has 5 heteroatoms. The van der Waals surface area contributed by atoms with Gasteiger partial charge in [-0.05, 0) is 43.2 Å². The van der Waals surface area contributed by atoms with Crippen molar-refractivity contribution in [1.82, 2.24) is 0 Å². The Labute approximate surface area is 124 Å². The number of anilines is 1. The Morgan fingerprint density at radius 3 is 2.48 bits per heavy atom. The van der Waals surface area contributed by atoms with Crippen LogP contribution in [-0.2, 0) is 0 Å². The summed E-state index contributed by atoms with van der Waals surface area (Å²) in [6, 6.07) is 2.54. The minimum atomic E-state index is -0.532. The maximum absolute atomic E-state index is 13.5. The molecule has 4 nitrogen and oxygen atoms in total. The second-order valence-corrected chi connectivity index (χ2v) is 6.05. The summed E-state index contributed by atoms with van der Waals surface area (Å²) in [7, 11) is 0. The predicted octanol–water partition coefficient (Wildman–Crippen LogP) is 4.67. The van der Waals surface area contributed by atoms with Crippen molar-refractivity contribution in [3.63, 3.8) is 0 Å². The van der Waals surface area contributed by atoms with Crippen molar-refractivity contribution < 1.29 is 9.31 Å². The van der Waals surface area contributed by atoms with Gasteiger partial charge in [0.25, 0.3) is 5.69 Å². The van der Waals surface area contributed by atoms with E-state index in [2.05, 4.69) is 12.2 Å². The van der Waals surface area contributed by atoms with Crippen LogP contribution in [0.3, 0.4) is 0 Å². The van der Waals surface area contributed by atoms with Crippen LogP contribution in [-0.4, -0.2) is 11.5 Å². The highest BCUT2D eigenvalue weighted by atomic mass is 19.1. The molecule has 1 saturated carbocycles. The Hall–Kier alpha value is -1.65. The number of hydrogen-bond acceptors (Lipinski definition) is 3. The molecule has 1 aliphatic rings. The molecule has 1 N–H and O–H groups in total. The van der Waals surface area contributed by atoms with Crippen LogP contribution in [0.1, 0.15) is 44.6 Å². The second-order valence-electron chi connectivity index (χ2n) is 6.05. The Morgan fingerprint density at radius 1 is 1.29 bits per heavy atom. The number of nitrogens with one attached hydrogen (secondary N) is 1. The van der Waals surface area contributed by atoms with Crippen molar-refractivity contribution in [3.05, 3.63) is 33.6 Å². The first kappa shape index (κ1) is 15.7. The fraction of sp³-hybridized carbons (Fsp3) is 0.625. The first-order chi connectivity index (χ1) is 10.0. The molecule has 1 aliphatic carbocycles. The Kier molecular flexibility index (Phi) is 5.15. The molecule has 0 bridgehead atoms. The number of hydrogen-bond donors (Lipinski definition) is 1. The molecule has 0 unspecified atom stereocenters. The molecular weight excluding hydrogens is 271 g/mol. The minimum Gasteiger partial charge on any atom is -0.379 e. The van der Waals surface area contributed by atoms with Crippen LogP contribution in [0.15, 0.2) is 12.1 Å². The van der Waals surface area contributed by atoms with Crippen LogP contribution >= 0.6 is 0 Å². The van der Waals surface area contributed by atoms with Crippen LogP contribution in [0, 0.1) is 34.7 Å². The van der Waals surface area contributed by atoms with Crippen LogP contribution < -0.4 is 5.32 Å². The summed E-state index contributed by atoms with van der Waals surface area (Å²) in [5.41, 5.74) is 0.676. The van der Waals surface area contributed by atoms with Gasteiger partial charge in [0.05, 0.1) is 11.0 Å². The number of aryl methyl sites for hydroxylation is 1. The third-order valence-corrected chi connectivity index (χ3v) is 4.60. The highest BCUT2D eigenvalue weighted by molar-refractivity contribution is 5.63. The fourth-order valence-corrected chi connectivity index (χ4v) is 3.06. The summed E-state index contributed by atoms with van der Waals surface area (Å²) in [6.45, 7) is 4.58. The van der Waals surface area contributed by atoms with Crippen LogP contribution in [0.25, 0.3) is 0 Å². The van der Waals surface area contributed by atoms with Crippen molar-refractivity contribution >= 4 is 11.4 Å². The van der Waals surface area contributed by atoms with E-state index >= 15 is 0 Å².